The Morgan fingerprint density at radius 1 is 1.19 bits per heavy atom. The molecule has 0 aliphatic carbocycles. The van der Waals surface area contributed by atoms with E-state index in [-0.39, 0.29) is 5.75 Å². The van der Waals surface area contributed by atoms with Crippen molar-refractivity contribution in [2.75, 3.05) is 13.7 Å². The minimum atomic E-state index is -3.58. The zero-order chi connectivity index (χ0) is 15.3. The van der Waals surface area contributed by atoms with E-state index in [1.165, 1.54) is 12.4 Å². The molecule has 0 unspecified atom stereocenters. The molecule has 0 saturated carbocycles. The fraction of sp³-hybridized carbons (Fsp3) is 0.308. The van der Waals surface area contributed by atoms with Crippen LogP contribution < -0.4 is 4.74 Å². The molecular formula is C13H15N3O4S. The Morgan fingerprint density at radius 3 is 2.52 bits per heavy atom. The second-order valence-corrected chi connectivity index (χ2v) is 5.81. The van der Waals surface area contributed by atoms with Gasteiger partial charge < -0.3 is 4.74 Å². The predicted molar refractivity (Wildman–Crippen MR) is 76.1 cm³/mol. The van der Waals surface area contributed by atoms with E-state index in [0.29, 0.717) is 29.4 Å². The molecule has 0 aliphatic rings. The summed E-state index contributed by atoms with van der Waals surface area (Å²) in [6.45, 7) is 2.34. The Bertz CT molecular complexity index is 702. The van der Waals surface area contributed by atoms with Gasteiger partial charge in [-0.1, -0.05) is 0 Å². The summed E-state index contributed by atoms with van der Waals surface area (Å²) in [5.41, 5.74) is 1.10. The number of hydrogen-bond donors (Lipinski definition) is 0. The van der Waals surface area contributed by atoms with Crippen molar-refractivity contribution in [1.82, 2.24) is 15.0 Å². The van der Waals surface area contributed by atoms with Crippen LogP contribution in [-0.2, 0) is 20.1 Å². The minimum Gasteiger partial charge on any atom is -0.477 e. The van der Waals surface area contributed by atoms with Crippen LogP contribution in [0.3, 0.4) is 0 Å². The van der Waals surface area contributed by atoms with E-state index in [4.69, 9.17) is 4.74 Å². The maximum atomic E-state index is 11.4. The molecule has 0 amide bonds. The molecule has 2 rings (SSSR count). The van der Waals surface area contributed by atoms with Gasteiger partial charge in [-0.05, 0) is 19.1 Å². The summed E-state index contributed by atoms with van der Waals surface area (Å²) >= 11 is 0. The van der Waals surface area contributed by atoms with Gasteiger partial charge >= 0.3 is 0 Å². The topological polar surface area (TPSA) is 91.3 Å². The molecule has 0 fully saturated rings. The first-order valence-corrected chi connectivity index (χ1v) is 7.81. The van der Waals surface area contributed by atoms with Crippen molar-refractivity contribution in [2.24, 2.45) is 0 Å². The van der Waals surface area contributed by atoms with Gasteiger partial charge in [0.2, 0.25) is 5.88 Å². The van der Waals surface area contributed by atoms with Gasteiger partial charge in [-0.15, -0.1) is 0 Å². The third-order valence-electron chi connectivity index (χ3n) is 2.60. The summed E-state index contributed by atoms with van der Waals surface area (Å²) in [5.74, 6) is 0.595. The molecule has 0 saturated heterocycles. The Labute approximate surface area is 123 Å². The van der Waals surface area contributed by atoms with E-state index in [2.05, 4.69) is 19.1 Å². The Kier molecular flexibility index (Phi) is 4.81. The maximum Gasteiger partial charge on any atom is 0.271 e. The maximum absolute atomic E-state index is 11.4. The molecule has 2 aromatic rings. The van der Waals surface area contributed by atoms with Gasteiger partial charge in [0.25, 0.3) is 10.1 Å². The number of aromatic nitrogens is 3. The van der Waals surface area contributed by atoms with E-state index < -0.39 is 10.1 Å². The molecule has 21 heavy (non-hydrogen) atoms. The molecule has 8 heteroatoms. The number of nitrogens with zero attached hydrogens (tertiary/aromatic N) is 3. The molecule has 2 heterocycles. The van der Waals surface area contributed by atoms with Gasteiger partial charge in [-0.3, -0.25) is 4.18 Å². The Hall–Kier alpha value is -2.06. The molecule has 0 radical (unpaired) electrons. The fourth-order valence-electron chi connectivity index (χ4n) is 1.64. The van der Waals surface area contributed by atoms with Crippen LogP contribution in [0, 0.1) is 0 Å². The highest BCUT2D eigenvalue weighted by molar-refractivity contribution is 7.85. The predicted octanol–water partition coefficient (Wildman–Crippen LogP) is 1.41. The first-order valence-electron chi connectivity index (χ1n) is 6.23. The van der Waals surface area contributed by atoms with Gasteiger partial charge in [0.1, 0.15) is 5.75 Å². The van der Waals surface area contributed by atoms with Gasteiger partial charge in [-0.25, -0.2) is 15.0 Å². The highest BCUT2D eigenvalue weighted by Gasteiger charge is 2.13. The molecule has 0 atom stereocenters. The summed E-state index contributed by atoms with van der Waals surface area (Å²) in [6, 6.07) is 3.55. The first-order chi connectivity index (χ1) is 10.1. The lowest BCUT2D eigenvalue weighted by atomic mass is 10.2. The van der Waals surface area contributed by atoms with Crippen molar-refractivity contribution < 1.29 is 17.3 Å². The van der Waals surface area contributed by atoms with Crippen LogP contribution in [0.15, 0.2) is 30.7 Å². The van der Waals surface area contributed by atoms with E-state index in [1.807, 2.05) is 6.92 Å². The molecule has 0 N–H and O–H groups in total. The summed E-state index contributed by atoms with van der Waals surface area (Å²) in [4.78, 5) is 12.4. The van der Waals surface area contributed by atoms with E-state index in [1.54, 1.807) is 18.3 Å². The van der Waals surface area contributed by atoms with Crippen LogP contribution in [0.4, 0.5) is 0 Å². The smallest absolute Gasteiger partial charge is 0.271 e. The van der Waals surface area contributed by atoms with Crippen molar-refractivity contribution in [3.63, 3.8) is 0 Å². The van der Waals surface area contributed by atoms with Crippen molar-refractivity contribution in [2.45, 2.75) is 12.7 Å². The monoisotopic (exact) mass is 309 g/mol. The average molecular weight is 309 g/mol. The molecule has 2 aromatic heterocycles. The first kappa shape index (κ1) is 15.3. The zero-order valence-electron chi connectivity index (χ0n) is 11.7. The van der Waals surface area contributed by atoms with Crippen molar-refractivity contribution in [3.05, 3.63) is 36.3 Å². The van der Waals surface area contributed by atoms with Gasteiger partial charge in [-0.2, -0.15) is 8.42 Å². The van der Waals surface area contributed by atoms with E-state index >= 15 is 0 Å². The quantitative estimate of drug-likeness (QED) is 0.745. The van der Waals surface area contributed by atoms with E-state index in [0.717, 1.165) is 7.11 Å². The molecule has 0 aromatic carbocycles. The van der Waals surface area contributed by atoms with Crippen LogP contribution in [0.1, 0.15) is 12.5 Å². The summed E-state index contributed by atoms with van der Waals surface area (Å²) in [7, 11) is -2.46. The molecule has 0 bridgehead atoms. The van der Waals surface area contributed by atoms with Crippen LogP contribution in [0.5, 0.6) is 5.88 Å². The van der Waals surface area contributed by atoms with Crippen molar-refractivity contribution >= 4 is 10.1 Å². The standard InChI is InChI=1S/C13H15N3O4S/c1-3-20-13-11(5-4-6-14-13)12-15-7-10(8-16-12)9-21(17,18)19-2/h4-8H,3,9H2,1-2H3. The van der Waals surface area contributed by atoms with Crippen LogP contribution in [0.25, 0.3) is 11.4 Å². The zero-order valence-corrected chi connectivity index (χ0v) is 12.5. The number of hydrogen-bond acceptors (Lipinski definition) is 7. The minimum absolute atomic E-state index is 0.269. The highest BCUT2D eigenvalue weighted by atomic mass is 32.2. The lowest BCUT2D eigenvalue weighted by Gasteiger charge is -2.07. The largest absolute Gasteiger partial charge is 0.477 e. The van der Waals surface area contributed by atoms with Crippen molar-refractivity contribution in [3.8, 4) is 17.3 Å². The molecule has 7 nitrogen and oxygen atoms in total. The van der Waals surface area contributed by atoms with Crippen LogP contribution >= 0.6 is 0 Å². The normalized spacial score (nSPS) is 11.3. The lowest BCUT2D eigenvalue weighted by Crippen LogP contribution is -2.07. The van der Waals surface area contributed by atoms with Crippen LogP contribution in [0.2, 0.25) is 0 Å². The second kappa shape index (κ2) is 6.59. The van der Waals surface area contributed by atoms with Gasteiger partial charge in [0.05, 0.1) is 19.3 Å². The fourth-order valence-corrected chi connectivity index (χ4v) is 2.32. The SMILES string of the molecule is CCOc1ncccc1-c1ncc(CS(=O)(=O)OC)cn1. The Balaban J connectivity index is 2.27. The number of pyridine rings is 1. The summed E-state index contributed by atoms with van der Waals surface area (Å²) < 4.78 is 32.5. The second-order valence-electron chi connectivity index (χ2n) is 4.07. The molecule has 0 aliphatic heterocycles. The number of ether oxygens (including phenoxy) is 1. The summed E-state index contributed by atoms with van der Waals surface area (Å²) in [5, 5.41) is 0. The van der Waals surface area contributed by atoms with Gasteiger partial charge in [0, 0.05) is 24.2 Å². The van der Waals surface area contributed by atoms with Gasteiger partial charge in [0.15, 0.2) is 5.82 Å². The van der Waals surface area contributed by atoms with Crippen molar-refractivity contribution in [1.29, 1.82) is 0 Å². The molecule has 112 valence electrons. The Morgan fingerprint density at radius 2 is 1.90 bits per heavy atom. The average Bonchev–Trinajstić information content (AvgIpc) is 2.49. The molecular weight excluding hydrogens is 294 g/mol. The third kappa shape index (κ3) is 3.96. The molecule has 0 spiro atoms. The lowest BCUT2D eigenvalue weighted by molar-refractivity contribution is 0.328. The van der Waals surface area contributed by atoms with E-state index in [9.17, 15) is 8.42 Å². The third-order valence-corrected chi connectivity index (χ3v) is 3.79. The van der Waals surface area contributed by atoms with Crippen LogP contribution in [-0.4, -0.2) is 37.1 Å². The number of rotatable bonds is 6. The highest BCUT2D eigenvalue weighted by Crippen LogP contribution is 2.24. The summed E-state index contributed by atoms with van der Waals surface area (Å²) in [6.07, 6.45) is 4.51.